The van der Waals surface area contributed by atoms with E-state index in [9.17, 15) is 9.59 Å². The van der Waals surface area contributed by atoms with Gasteiger partial charge in [0.2, 0.25) is 9.58 Å². The van der Waals surface area contributed by atoms with Gasteiger partial charge in [-0.15, -0.1) is 0 Å². The molecule has 0 aliphatic carbocycles. The van der Waals surface area contributed by atoms with Crippen molar-refractivity contribution in [3.05, 3.63) is 52.6 Å². The average Bonchev–Trinajstić information content (AvgIpc) is 2.97. The Hall–Kier alpha value is -1.27. The molecular weight excluding hydrogens is 374 g/mol. The summed E-state index contributed by atoms with van der Waals surface area (Å²) in [6.07, 6.45) is 2.88. The molecule has 0 aliphatic heterocycles. The zero-order valence-electron chi connectivity index (χ0n) is 10.8. The van der Waals surface area contributed by atoms with Gasteiger partial charge in [-0.05, 0) is 12.1 Å². The number of hydrogen-bond donors (Lipinski definition) is 1. The third-order valence-electron chi connectivity index (χ3n) is 2.54. The maximum absolute atomic E-state index is 12.4. The molecule has 2 rings (SSSR count). The van der Waals surface area contributed by atoms with Gasteiger partial charge in [0.15, 0.2) is 5.82 Å². The Morgan fingerprint density at radius 3 is 2.59 bits per heavy atom. The summed E-state index contributed by atoms with van der Waals surface area (Å²) < 4.78 is 3.13. The monoisotopic (exact) mass is 380 g/mol. The highest BCUT2D eigenvalue weighted by atomic mass is 35.6. The predicted molar refractivity (Wildman–Crippen MR) is 84.0 cm³/mol. The second-order valence-electron chi connectivity index (χ2n) is 4.12. The first kappa shape index (κ1) is 17.1. The van der Waals surface area contributed by atoms with Gasteiger partial charge in [-0.2, -0.15) is 0 Å². The Morgan fingerprint density at radius 2 is 2.00 bits per heavy atom. The molecule has 1 aromatic heterocycles. The lowest BCUT2D eigenvalue weighted by Gasteiger charge is -2.13. The number of ether oxygens (including phenoxy) is 1. The van der Waals surface area contributed by atoms with Crippen LogP contribution in [0.4, 0.5) is 0 Å². The number of aromatic amines is 1. The molecule has 22 heavy (non-hydrogen) atoms. The van der Waals surface area contributed by atoms with Gasteiger partial charge in [-0.1, -0.05) is 52.5 Å². The fraction of sp³-hybridized carbons (Fsp3) is 0.154. The number of nitrogens with one attached hydrogen (secondary N) is 1. The van der Waals surface area contributed by atoms with Crippen molar-refractivity contribution in [1.29, 1.82) is 0 Å². The maximum atomic E-state index is 12.4. The summed E-state index contributed by atoms with van der Waals surface area (Å²) >= 11 is 22.6. The van der Waals surface area contributed by atoms with E-state index < -0.39 is 22.2 Å². The molecule has 116 valence electrons. The number of halogens is 4. The number of carbonyl (C=O) groups excluding carboxylic acids is 2. The molecule has 2 aromatic rings. The van der Waals surface area contributed by atoms with Crippen LogP contribution in [0, 0.1) is 0 Å². The molecule has 0 atom stereocenters. The van der Waals surface area contributed by atoms with E-state index in [0.29, 0.717) is 0 Å². The van der Waals surface area contributed by atoms with Crippen LogP contribution in [0.1, 0.15) is 26.5 Å². The number of nitrogens with zero attached hydrogens (tertiary/aromatic N) is 1. The molecule has 9 heteroatoms. The standard InChI is InChI=1S/C13H8Cl4N2O3/c14-8-3-1-2-7(12(21)22-6-13(15,16)17)9(8)10(20)11-18-4-5-19-11/h1-5H,6H2,(H,18,19). The molecule has 0 saturated carbocycles. The second-order valence-corrected chi connectivity index (χ2v) is 7.04. The maximum Gasteiger partial charge on any atom is 0.339 e. The minimum atomic E-state index is -1.75. The van der Waals surface area contributed by atoms with Crippen molar-refractivity contribution in [2.24, 2.45) is 0 Å². The summed E-state index contributed by atoms with van der Waals surface area (Å²) in [7, 11) is 0. The van der Waals surface area contributed by atoms with Crippen LogP contribution in [-0.4, -0.2) is 32.1 Å². The second kappa shape index (κ2) is 6.87. The minimum absolute atomic E-state index is 0.0339. The summed E-state index contributed by atoms with van der Waals surface area (Å²) in [5, 5.41) is 0.0877. The number of aromatic nitrogens is 2. The molecule has 0 spiro atoms. The molecule has 1 aromatic carbocycles. The number of carbonyl (C=O) groups is 2. The zero-order valence-corrected chi connectivity index (χ0v) is 13.8. The van der Waals surface area contributed by atoms with Crippen molar-refractivity contribution >= 4 is 58.2 Å². The van der Waals surface area contributed by atoms with Crippen LogP contribution in [0.3, 0.4) is 0 Å². The van der Waals surface area contributed by atoms with Gasteiger partial charge in [0.25, 0.3) is 0 Å². The van der Waals surface area contributed by atoms with Gasteiger partial charge in [0.05, 0.1) is 16.1 Å². The van der Waals surface area contributed by atoms with Gasteiger partial charge in [-0.25, -0.2) is 9.78 Å². The third kappa shape index (κ3) is 4.14. The molecule has 0 unspecified atom stereocenters. The number of alkyl halides is 3. The molecule has 0 radical (unpaired) electrons. The van der Waals surface area contributed by atoms with E-state index in [0.717, 1.165) is 0 Å². The first-order valence-corrected chi connectivity index (χ1v) is 7.37. The molecule has 0 aliphatic rings. The Balaban J connectivity index is 2.35. The predicted octanol–water partition coefficient (Wildman–Crippen LogP) is 3.82. The lowest BCUT2D eigenvalue weighted by molar-refractivity contribution is 0.0509. The third-order valence-corrected chi connectivity index (χ3v) is 3.18. The summed E-state index contributed by atoms with van der Waals surface area (Å²) in [5.41, 5.74) is -0.0726. The highest BCUT2D eigenvalue weighted by Gasteiger charge is 2.27. The van der Waals surface area contributed by atoms with Crippen LogP contribution in [0.25, 0.3) is 0 Å². The molecule has 0 saturated heterocycles. The molecule has 1 heterocycles. The van der Waals surface area contributed by atoms with Crippen LogP contribution >= 0.6 is 46.4 Å². The molecule has 0 bridgehead atoms. The van der Waals surface area contributed by atoms with Crippen molar-refractivity contribution in [3.63, 3.8) is 0 Å². The van der Waals surface area contributed by atoms with E-state index >= 15 is 0 Å². The SMILES string of the molecule is O=C(OCC(Cl)(Cl)Cl)c1cccc(Cl)c1C(=O)c1ncc[nH]1. The van der Waals surface area contributed by atoms with E-state index in [1.807, 2.05) is 0 Å². The molecular formula is C13H8Cl4N2O3. The summed E-state index contributed by atoms with van der Waals surface area (Å²) in [4.78, 5) is 31.0. The van der Waals surface area contributed by atoms with Crippen LogP contribution in [0.15, 0.2) is 30.6 Å². The molecule has 0 amide bonds. The highest BCUT2D eigenvalue weighted by molar-refractivity contribution is 6.67. The van der Waals surface area contributed by atoms with E-state index in [4.69, 9.17) is 51.1 Å². The number of rotatable bonds is 4. The first-order valence-electron chi connectivity index (χ1n) is 5.86. The van der Waals surface area contributed by atoms with Crippen LogP contribution < -0.4 is 0 Å². The summed E-state index contributed by atoms with van der Waals surface area (Å²) in [6.45, 7) is -0.461. The van der Waals surface area contributed by atoms with Gasteiger partial charge >= 0.3 is 5.97 Å². The van der Waals surface area contributed by atoms with E-state index in [1.54, 1.807) is 0 Å². The fourth-order valence-corrected chi connectivity index (χ4v) is 2.08. The number of ketones is 1. The van der Waals surface area contributed by atoms with Crippen molar-refractivity contribution in [2.45, 2.75) is 3.79 Å². The minimum Gasteiger partial charge on any atom is -0.458 e. The van der Waals surface area contributed by atoms with Crippen LogP contribution in [0.5, 0.6) is 0 Å². The van der Waals surface area contributed by atoms with Gasteiger partial charge < -0.3 is 9.72 Å². The highest BCUT2D eigenvalue weighted by Crippen LogP contribution is 2.28. The number of benzene rings is 1. The Labute approximate surface area is 145 Å². The fourth-order valence-electron chi connectivity index (χ4n) is 1.66. The van der Waals surface area contributed by atoms with E-state index in [-0.39, 0.29) is 22.0 Å². The quantitative estimate of drug-likeness (QED) is 0.496. The van der Waals surface area contributed by atoms with Crippen molar-refractivity contribution in [1.82, 2.24) is 9.97 Å². The Kier molecular flexibility index (Phi) is 5.34. The number of imidazole rings is 1. The zero-order chi connectivity index (χ0) is 16.3. The normalized spacial score (nSPS) is 11.3. The Morgan fingerprint density at radius 1 is 1.27 bits per heavy atom. The van der Waals surface area contributed by atoms with Gasteiger partial charge in [0.1, 0.15) is 6.61 Å². The Bertz CT molecular complexity index is 696. The van der Waals surface area contributed by atoms with Crippen molar-refractivity contribution in [2.75, 3.05) is 6.61 Å². The smallest absolute Gasteiger partial charge is 0.339 e. The van der Waals surface area contributed by atoms with Crippen LogP contribution in [0.2, 0.25) is 5.02 Å². The first-order chi connectivity index (χ1) is 10.3. The van der Waals surface area contributed by atoms with E-state index in [1.165, 1.54) is 30.6 Å². The van der Waals surface area contributed by atoms with Crippen molar-refractivity contribution < 1.29 is 14.3 Å². The number of esters is 1. The van der Waals surface area contributed by atoms with Gasteiger partial charge in [0, 0.05) is 12.4 Å². The summed E-state index contributed by atoms with van der Waals surface area (Å²) in [6, 6.07) is 4.37. The molecule has 1 N–H and O–H groups in total. The largest absolute Gasteiger partial charge is 0.458 e. The number of H-pyrrole nitrogens is 1. The van der Waals surface area contributed by atoms with Crippen molar-refractivity contribution in [3.8, 4) is 0 Å². The molecule has 0 fully saturated rings. The molecule has 5 nitrogen and oxygen atoms in total. The average molecular weight is 382 g/mol. The van der Waals surface area contributed by atoms with Gasteiger partial charge in [-0.3, -0.25) is 4.79 Å². The topological polar surface area (TPSA) is 72.1 Å². The lowest BCUT2D eigenvalue weighted by atomic mass is 10.0. The van der Waals surface area contributed by atoms with Crippen LogP contribution in [-0.2, 0) is 4.74 Å². The lowest BCUT2D eigenvalue weighted by Crippen LogP contribution is -2.20. The van der Waals surface area contributed by atoms with E-state index in [2.05, 4.69) is 9.97 Å². The number of hydrogen-bond acceptors (Lipinski definition) is 4. The summed E-state index contributed by atoms with van der Waals surface area (Å²) in [5.74, 6) is -1.33.